The van der Waals surface area contributed by atoms with Crippen LogP contribution in [0.5, 0.6) is 0 Å². The number of carbonyl (C=O) groups is 1. The molecule has 5 nitrogen and oxygen atoms in total. The summed E-state index contributed by atoms with van der Waals surface area (Å²) >= 11 is 0. The van der Waals surface area contributed by atoms with Gasteiger partial charge >= 0.3 is 0 Å². The Bertz CT molecular complexity index is 202. The summed E-state index contributed by atoms with van der Waals surface area (Å²) in [4.78, 5) is 13.5. The lowest BCUT2D eigenvalue weighted by atomic mass is 10.2. The number of rotatable bonds is 4. The molecule has 1 heterocycles. The van der Waals surface area contributed by atoms with Crippen LogP contribution in [0, 0.1) is 0 Å². The molecule has 15 heavy (non-hydrogen) atoms. The Morgan fingerprint density at radius 3 is 2.73 bits per heavy atom. The summed E-state index contributed by atoms with van der Waals surface area (Å²) in [6.45, 7) is 5.46. The van der Waals surface area contributed by atoms with Crippen molar-refractivity contribution in [1.82, 2.24) is 4.90 Å². The van der Waals surface area contributed by atoms with Gasteiger partial charge in [0, 0.05) is 12.6 Å². The summed E-state index contributed by atoms with van der Waals surface area (Å²) in [6, 6.07) is 0.0650. The second kappa shape index (κ2) is 6.05. The van der Waals surface area contributed by atoms with Gasteiger partial charge in [0.2, 0.25) is 0 Å². The molecule has 0 saturated carbocycles. The van der Waals surface area contributed by atoms with E-state index in [9.17, 15) is 4.79 Å². The molecular formula is C10H19NO4. The summed E-state index contributed by atoms with van der Waals surface area (Å²) in [6.07, 6.45) is -0.507. The van der Waals surface area contributed by atoms with E-state index in [0.717, 1.165) is 0 Å². The van der Waals surface area contributed by atoms with Crippen LogP contribution in [0.25, 0.3) is 0 Å². The monoisotopic (exact) mass is 217 g/mol. The van der Waals surface area contributed by atoms with Crippen LogP contribution < -0.4 is 0 Å². The fraction of sp³-hybridized carbons (Fsp3) is 0.900. The highest BCUT2D eigenvalue weighted by atomic mass is 16.6. The smallest absolute Gasteiger partial charge is 0.254 e. The highest BCUT2D eigenvalue weighted by molar-refractivity contribution is 5.81. The molecule has 88 valence electrons. The van der Waals surface area contributed by atoms with Gasteiger partial charge in [-0.2, -0.15) is 0 Å². The van der Waals surface area contributed by atoms with Gasteiger partial charge in [-0.3, -0.25) is 4.79 Å². The van der Waals surface area contributed by atoms with E-state index in [4.69, 9.17) is 14.6 Å². The largest absolute Gasteiger partial charge is 0.395 e. The minimum Gasteiger partial charge on any atom is -0.395 e. The van der Waals surface area contributed by atoms with E-state index in [1.807, 2.05) is 13.8 Å². The predicted molar refractivity (Wildman–Crippen MR) is 54.5 cm³/mol. The van der Waals surface area contributed by atoms with Crippen LogP contribution in [0.4, 0.5) is 0 Å². The van der Waals surface area contributed by atoms with E-state index in [1.165, 1.54) is 0 Å². The molecule has 1 atom stereocenters. The first kappa shape index (κ1) is 12.4. The molecule has 0 aromatic carbocycles. The van der Waals surface area contributed by atoms with E-state index in [1.54, 1.807) is 4.90 Å². The van der Waals surface area contributed by atoms with Crippen molar-refractivity contribution >= 4 is 5.91 Å². The molecule has 0 radical (unpaired) electrons. The van der Waals surface area contributed by atoms with Gasteiger partial charge in [-0.25, -0.2) is 0 Å². The Hall–Kier alpha value is -0.650. The summed E-state index contributed by atoms with van der Waals surface area (Å²) in [5.41, 5.74) is 0. The van der Waals surface area contributed by atoms with Crippen LogP contribution in [-0.4, -0.2) is 61.0 Å². The van der Waals surface area contributed by atoms with Gasteiger partial charge in [-0.05, 0) is 13.8 Å². The lowest BCUT2D eigenvalue weighted by molar-refractivity contribution is -0.160. The third-order valence-electron chi connectivity index (χ3n) is 2.34. The summed E-state index contributed by atoms with van der Waals surface area (Å²) in [5.74, 6) is -0.0984. The summed E-state index contributed by atoms with van der Waals surface area (Å²) in [5, 5.41) is 8.87. The average Bonchev–Trinajstić information content (AvgIpc) is 2.26. The second-order valence-electron chi connectivity index (χ2n) is 3.78. The normalized spacial score (nSPS) is 21.7. The zero-order chi connectivity index (χ0) is 11.3. The molecule has 5 heteroatoms. The molecule has 1 unspecified atom stereocenters. The minimum atomic E-state index is -0.507. The van der Waals surface area contributed by atoms with Crippen molar-refractivity contribution in [3.05, 3.63) is 0 Å². The number of hydrogen-bond donors (Lipinski definition) is 1. The van der Waals surface area contributed by atoms with Crippen LogP contribution >= 0.6 is 0 Å². The van der Waals surface area contributed by atoms with Gasteiger partial charge in [0.15, 0.2) is 6.10 Å². The third kappa shape index (κ3) is 3.44. The van der Waals surface area contributed by atoms with Crippen molar-refractivity contribution in [2.45, 2.75) is 26.0 Å². The highest BCUT2D eigenvalue weighted by Gasteiger charge is 2.28. The van der Waals surface area contributed by atoms with Crippen molar-refractivity contribution in [1.29, 1.82) is 0 Å². The van der Waals surface area contributed by atoms with E-state index in [2.05, 4.69) is 0 Å². The van der Waals surface area contributed by atoms with Gasteiger partial charge < -0.3 is 19.5 Å². The van der Waals surface area contributed by atoms with Crippen molar-refractivity contribution < 1.29 is 19.4 Å². The zero-order valence-electron chi connectivity index (χ0n) is 9.31. The van der Waals surface area contributed by atoms with E-state index < -0.39 is 6.10 Å². The number of nitrogens with zero attached hydrogens (tertiary/aromatic N) is 1. The third-order valence-corrected chi connectivity index (χ3v) is 2.34. The van der Waals surface area contributed by atoms with Crippen molar-refractivity contribution in [2.75, 3.05) is 33.0 Å². The number of aliphatic hydroxyl groups excluding tert-OH is 1. The summed E-state index contributed by atoms with van der Waals surface area (Å²) in [7, 11) is 0. The standard InChI is InChI=1S/C10H19NO4/c1-8(2)11(3-4-12)10(13)9-7-14-5-6-15-9/h8-9,12H,3-7H2,1-2H3. The van der Waals surface area contributed by atoms with Crippen molar-refractivity contribution in [3.8, 4) is 0 Å². The maximum absolute atomic E-state index is 11.9. The van der Waals surface area contributed by atoms with Gasteiger partial charge in [0.05, 0.1) is 26.4 Å². The highest BCUT2D eigenvalue weighted by Crippen LogP contribution is 2.08. The topological polar surface area (TPSA) is 59.0 Å². The van der Waals surface area contributed by atoms with Crippen LogP contribution in [0.15, 0.2) is 0 Å². The fourth-order valence-corrected chi connectivity index (χ4v) is 1.55. The van der Waals surface area contributed by atoms with E-state index in [-0.39, 0.29) is 18.6 Å². The number of hydrogen-bond acceptors (Lipinski definition) is 4. The Balaban J connectivity index is 2.53. The first-order chi connectivity index (χ1) is 7.16. The van der Waals surface area contributed by atoms with Crippen LogP contribution in [0.2, 0.25) is 0 Å². The van der Waals surface area contributed by atoms with Crippen LogP contribution in [-0.2, 0) is 14.3 Å². The Labute approximate surface area is 90.0 Å². The van der Waals surface area contributed by atoms with Gasteiger partial charge in [0.1, 0.15) is 0 Å². The molecule has 1 aliphatic rings. The number of amides is 1. The molecule has 0 bridgehead atoms. The van der Waals surface area contributed by atoms with Crippen LogP contribution in [0.1, 0.15) is 13.8 Å². The first-order valence-corrected chi connectivity index (χ1v) is 5.27. The van der Waals surface area contributed by atoms with E-state index >= 15 is 0 Å². The number of ether oxygens (including phenoxy) is 2. The second-order valence-corrected chi connectivity index (χ2v) is 3.78. The van der Waals surface area contributed by atoms with Gasteiger partial charge in [-0.15, -0.1) is 0 Å². The van der Waals surface area contributed by atoms with Crippen molar-refractivity contribution in [3.63, 3.8) is 0 Å². The molecular weight excluding hydrogens is 198 g/mol. The number of carbonyl (C=O) groups excluding carboxylic acids is 1. The molecule has 1 fully saturated rings. The molecule has 1 rings (SSSR count). The first-order valence-electron chi connectivity index (χ1n) is 5.27. The fourth-order valence-electron chi connectivity index (χ4n) is 1.55. The molecule has 1 amide bonds. The Morgan fingerprint density at radius 1 is 1.53 bits per heavy atom. The molecule has 0 aliphatic carbocycles. The molecule has 0 aromatic heterocycles. The van der Waals surface area contributed by atoms with Gasteiger partial charge in [-0.1, -0.05) is 0 Å². The minimum absolute atomic E-state index is 0.0303. The molecule has 1 aliphatic heterocycles. The maximum atomic E-state index is 11.9. The number of aliphatic hydroxyl groups is 1. The van der Waals surface area contributed by atoms with E-state index in [0.29, 0.717) is 26.4 Å². The SMILES string of the molecule is CC(C)N(CCO)C(=O)C1COCCO1. The predicted octanol–water partition coefficient (Wildman–Crippen LogP) is -0.369. The van der Waals surface area contributed by atoms with Crippen LogP contribution in [0.3, 0.4) is 0 Å². The Kier molecular flexibility index (Phi) is 5.01. The molecule has 1 saturated heterocycles. The van der Waals surface area contributed by atoms with Crippen molar-refractivity contribution in [2.24, 2.45) is 0 Å². The Morgan fingerprint density at radius 2 is 2.27 bits per heavy atom. The molecule has 1 N–H and O–H groups in total. The molecule has 0 spiro atoms. The lowest BCUT2D eigenvalue weighted by Gasteiger charge is -2.31. The zero-order valence-corrected chi connectivity index (χ0v) is 9.31. The lowest BCUT2D eigenvalue weighted by Crippen LogP contribution is -2.48. The summed E-state index contributed by atoms with van der Waals surface area (Å²) < 4.78 is 10.5. The molecule has 0 aromatic rings. The maximum Gasteiger partial charge on any atom is 0.254 e. The quantitative estimate of drug-likeness (QED) is 0.698. The van der Waals surface area contributed by atoms with Gasteiger partial charge in [0.25, 0.3) is 5.91 Å². The average molecular weight is 217 g/mol.